The zero-order valence-corrected chi connectivity index (χ0v) is 19.4. The molecular formula is C23H19ClN4O5S. The van der Waals surface area contributed by atoms with Crippen LogP contribution >= 0.6 is 11.6 Å². The summed E-state index contributed by atoms with van der Waals surface area (Å²) in [5.74, 6) is -0.387. The molecule has 1 amide bonds. The fourth-order valence-electron chi connectivity index (χ4n) is 3.51. The molecule has 9 nitrogen and oxygen atoms in total. The van der Waals surface area contributed by atoms with E-state index in [0.29, 0.717) is 22.2 Å². The molecular weight excluding hydrogens is 480 g/mol. The molecule has 2 N–H and O–H groups in total. The molecule has 4 rings (SSSR count). The Morgan fingerprint density at radius 3 is 2.59 bits per heavy atom. The summed E-state index contributed by atoms with van der Waals surface area (Å²) in [5.41, 5.74) is 1.68. The first-order valence-electron chi connectivity index (χ1n) is 10.1. The van der Waals surface area contributed by atoms with Crippen molar-refractivity contribution in [1.82, 2.24) is 4.57 Å². The normalized spacial score (nSPS) is 11.4. The van der Waals surface area contributed by atoms with Gasteiger partial charge in [0.15, 0.2) is 0 Å². The third-order valence-corrected chi connectivity index (χ3v) is 7.00. The van der Waals surface area contributed by atoms with Gasteiger partial charge in [0.25, 0.3) is 15.7 Å². The molecule has 174 valence electrons. The lowest BCUT2D eigenvalue weighted by Crippen LogP contribution is -2.19. The topological polar surface area (TPSA) is 123 Å². The summed E-state index contributed by atoms with van der Waals surface area (Å²) in [7, 11) is -3.96. The van der Waals surface area contributed by atoms with Crippen LogP contribution in [0.3, 0.4) is 0 Å². The quantitative estimate of drug-likeness (QED) is 0.275. The van der Waals surface area contributed by atoms with E-state index in [1.165, 1.54) is 18.2 Å². The van der Waals surface area contributed by atoms with Gasteiger partial charge in [0, 0.05) is 34.9 Å². The predicted molar refractivity (Wildman–Crippen MR) is 131 cm³/mol. The smallest absolute Gasteiger partial charge is 0.270 e. The fourth-order valence-corrected chi connectivity index (χ4v) is 5.10. The van der Waals surface area contributed by atoms with Gasteiger partial charge in [-0.2, -0.15) is 0 Å². The van der Waals surface area contributed by atoms with Gasteiger partial charge in [-0.3, -0.25) is 19.6 Å². The molecule has 0 radical (unpaired) electrons. The summed E-state index contributed by atoms with van der Waals surface area (Å²) < 4.78 is 30.0. The summed E-state index contributed by atoms with van der Waals surface area (Å²) in [6.07, 6.45) is 1.66. The molecule has 1 aromatic heterocycles. The highest BCUT2D eigenvalue weighted by Crippen LogP contribution is 2.27. The number of carbonyl (C=O) groups excluding carboxylic acids is 1. The van der Waals surface area contributed by atoms with Gasteiger partial charge < -0.3 is 9.88 Å². The number of carbonyl (C=O) groups is 1. The third kappa shape index (κ3) is 4.87. The average Bonchev–Trinajstić information content (AvgIpc) is 3.18. The molecule has 0 unspecified atom stereocenters. The van der Waals surface area contributed by atoms with Crippen LogP contribution in [0.15, 0.2) is 77.8 Å². The van der Waals surface area contributed by atoms with E-state index < -0.39 is 14.9 Å². The molecule has 0 bridgehead atoms. The van der Waals surface area contributed by atoms with E-state index in [1.807, 2.05) is 0 Å². The van der Waals surface area contributed by atoms with E-state index >= 15 is 0 Å². The van der Waals surface area contributed by atoms with Crippen LogP contribution < -0.4 is 10.0 Å². The third-order valence-electron chi connectivity index (χ3n) is 5.16. The molecule has 34 heavy (non-hydrogen) atoms. The number of benzene rings is 3. The number of amides is 1. The SMILES string of the molecule is Cc1ccc(NC(=O)Cn2ccc3cc([N+](=O)[O-])ccc32)cc1S(=O)(=O)Nc1ccccc1Cl. The number of para-hydroxylation sites is 1. The summed E-state index contributed by atoms with van der Waals surface area (Å²) in [6, 6.07) is 17.1. The fraction of sp³-hybridized carbons (Fsp3) is 0.0870. The summed E-state index contributed by atoms with van der Waals surface area (Å²) >= 11 is 6.07. The maximum atomic E-state index is 13.0. The molecule has 1 heterocycles. The largest absolute Gasteiger partial charge is 0.338 e. The van der Waals surface area contributed by atoms with Gasteiger partial charge in [0.05, 0.1) is 20.5 Å². The molecule has 0 saturated carbocycles. The maximum Gasteiger partial charge on any atom is 0.270 e. The zero-order valence-electron chi connectivity index (χ0n) is 17.9. The Kier molecular flexibility index (Phi) is 6.27. The average molecular weight is 499 g/mol. The van der Waals surface area contributed by atoms with Crippen molar-refractivity contribution in [1.29, 1.82) is 0 Å². The summed E-state index contributed by atoms with van der Waals surface area (Å²) in [4.78, 5) is 23.1. The van der Waals surface area contributed by atoms with Gasteiger partial charge in [-0.25, -0.2) is 8.42 Å². The number of nitrogens with one attached hydrogen (secondary N) is 2. The van der Waals surface area contributed by atoms with E-state index in [0.717, 1.165) is 0 Å². The molecule has 0 aliphatic carbocycles. The number of halogens is 1. The standard InChI is InChI=1S/C23H19ClN4O5S/c1-15-6-7-17(13-22(15)34(32,33)26-20-5-3-2-4-19(20)24)25-23(29)14-27-11-10-16-12-18(28(30)31)8-9-21(16)27/h2-13,26H,14H2,1H3,(H,25,29). The Hall–Kier alpha value is -3.89. The molecule has 0 aliphatic rings. The number of nitro benzene ring substituents is 1. The highest BCUT2D eigenvalue weighted by atomic mass is 35.5. The number of anilines is 2. The molecule has 0 fully saturated rings. The number of hydrogen-bond acceptors (Lipinski definition) is 5. The Labute approximate surface area is 200 Å². The number of sulfonamides is 1. The lowest BCUT2D eigenvalue weighted by atomic mass is 10.2. The number of aryl methyl sites for hydroxylation is 1. The van der Waals surface area contributed by atoms with E-state index in [1.54, 1.807) is 66.2 Å². The van der Waals surface area contributed by atoms with Gasteiger partial charge in [0.2, 0.25) is 5.91 Å². The van der Waals surface area contributed by atoms with Crippen LogP contribution in [-0.2, 0) is 21.4 Å². The van der Waals surface area contributed by atoms with Gasteiger partial charge >= 0.3 is 0 Å². The molecule has 0 spiro atoms. The first kappa shape index (κ1) is 23.3. The molecule has 0 atom stereocenters. The van der Waals surface area contributed by atoms with Crippen molar-refractivity contribution in [2.24, 2.45) is 0 Å². The van der Waals surface area contributed by atoms with Crippen LogP contribution in [0.1, 0.15) is 5.56 Å². The van der Waals surface area contributed by atoms with Crippen LogP contribution in [0.25, 0.3) is 10.9 Å². The minimum atomic E-state index is -3.96. The van der Waals surface area contributed by atoms with E-state index in [2.05, 4.69) is 10.0 Å². The van der Waals surface area contributed by atoms with Gasteiger partial charge in [-0.1, -0.05) is 29.8 Å². The molecule has 0 aliphatic heterocycles. The summed E-state index contributed by atoms with van der Waals surface area (Å²) in [5, 5.41) is 14.6. The number of fused-ring (bicyclic) bond motifs is 1. The van der Waals surface area contributed by atoms with Crippen molar-refractivity contribution < 1.29 is 18.1 Å². The lowest BCUT2D eigenvalue weighted by Gasteiger charge is -2.14. The van der Waals surface area contributed by atoms with Crippen molar-refractivity contribution in [2.75, 3.05) is 10.0 Å². The van der Waals surface area contributed by atoms with Crippen molar-refractivity contribution in [3.05, 3.63) is 93.6 Å². The van der Waals surface area contributed by atoms with Gasteiger partial charge in [0.1, 0.15) is 6.54 Å². The molecule has 4 aromatic rings. The number of hydrogen-bond donors (Lipinski definition) is 2. The summed E-state index contributed by atoms with van der Waals surface area (Å²) in [6.45, 7) is 1.59. The first-order valence-corrected chi connectivity index (χ1v) is 11.9. The number of nitro groups is 1. The van der Waals surface area contributed by atoms with Crippen LogP contribution in [-0.4, -0.2) is 23.8 Å². The maximum absolute atomic E-state index is 13.0. The predicted octanol–water partition coefficient (Wildman–Crippen LogP) is 4.95. The van der Waals surface area contributed by atoms with Crippen LogP contribution in [0, 0.1) is 17.0 Å². The second-order valence-electron chi connectivity index (χ2n) is 7.56. The Balaban J connectivity index is 1.53. The lowest BCUT2D eigenvalue weighted by molar-refractivity contribution is -0.384. The zero-order chi connectivity index (χ0) is 24.5. The Morgan fingerprint density at radius 1 is 1.09 bits per heavy atom. The van der Waals surface area contributed by atoms with E-state index in [-0.39, 0.29) is 33.7 Å². The first-order chi connectivity index (χ1) is 16.1. The molecule has 0 saturated heterocycles. The minimum Gasteiger partial charge on any atom is -0.338 e. The minimum absolute atomic E-state index is 0.00365. The number of non-ortho nitro benzene ring substituents is 1. The van der Waals surface area contributed by atoms with Crippen molar-refractivity contribution in [3.8, 4) is 0 Å². The van der Waals surface area contributed by atoms with Crippen molar-refractivity contribution in [2.45, 2.75) is 18.4 Å². The van der Waals surface area contributed by atoms with Crippen molar-refractivity contribution in [3.63, 3.8) is 0 Å². The highest BCUT2D eigenvalue weighted by molar-refractivity contribution is 7.92. The molecule has 11 heteroatoms. The van der Waals surface area contributed by atoms with E-state index in [4.69, 9.17) is 11.6 Å². The second-order valence-corrected chi connectivity index (χ2v) is 9.62. The molecule has 3 aromatic carbocycles. The van der Waals surface area contributed by atoms with Crippen LogP contribution in [0.4, 0.5) is 17.1 Å². The van der Waals surface area contributed by atoms with Gasteiger partial charge in [-0.05, 0) is 48.9 Å². The van der Waals surface area contributed by atoms with Crippen molar-refractivity contribution >= 4 is 55.5 Å². The monoisotopic (exact) mass is 498 g/mol. The number of nitrogens with zero attached hydrogens (tertiary/aromatic N) is 2. The highest BCUT2D eigenvalue weighted by Gasteiger charge is 2.19. The second kappa shape index (κ2) is 9.16. The van der Waals surface area contributed by atoms with Crippen LogP contribution in [0.2, 0.25) is 5.02 Å². The Bertz CT molecular complexity index is 1530. The van der Waals surface area contributed by atoms with Gasteiger partial charge in [-0.15, -0.1) is 0 Å². The Morgan fingerprint density at radius 2 is 1.85 bits per heavy atom. The van der Waals surface area contributed by atoms with E-state index in [9.17, 15) is 23.3 Å². The number of aromatic nitrogens is 1. The van der Waals surface area contributed by atoms with Crippen LogP contribution in [0.5, 0.6) is 0 Å². The number of rotatable bonds is 7.